The zero-order valence-corrected chi connectivity index (χ0v) is 15.1. The number of likely N-dealkylation sites (N-methyl/N-ethyl adjacent to an activating group) is 1. The quantitative estimate of drug-likeness (QED) is 0.907. The number of ether oxygens (including phenoxy) is 1. The minimum absolute atomic E-state index is 0.0973. The number of carbonyl (C=O) groups excluding carboxylic acids is 1. The van der Waals surface area contributed by atoms with Crippen LogP contribution in [0.4, 0.5) is 0 Å². The highest BCUT2D eigenvalue weighted by Gasteiger charge is 2.42. The first-order chi connectivity index (χ1) is 10.8. The van der Waals surface area contributed by atoms with E-state index in [4.69, 9.17) is 4.74 Å². The fourth-order valence-electron chi connectivity index (χ4n) is 3.44. The summed E-state index contributed by atoms with van der Waals surface area (Å²) in [6.07, 6.45) is 1.47. The highest BCUT2D eigenvalue weighted by molar-refractivity contribution is 5.85. The van der Waals surface area contributed by atoms with Crippen LogP contribution in [0.5, 0.6) is 0 Å². The number of benzene rings is 1. The van der Waals surface area contributed by atoms with E-state index in [9.17, 15) is 4.79 Å². The largest absolute Gasteiger partial charge is 0.368 e. The number of aryl methyl sites for hydroxylation is 1. The summed E-state index contributed by atoms with van der Waals surface area (Å²) < 4.78 is 5.67. The summed E-state index contributed by atoms with van der Waals surface area (Å²) in [5, 5.41) is 3.30. The molecule has 1 heterocycles. The van der Waals surface area contributed by atoms with Crippen LogP contribution in [-0.4, -0.2) is 50.2 Å². The average molecular weight is 318 g/mol. The molecule has 0 bridgehead atoms. The minimum atomic E-state index is -0.663. The zero-order chi connectivity index (χ0) is 17.1. The van der Waals surface area contributed by atoms with E-state index in [1.54, 1.807) is 7.11 Å². The van der Waals surface area contributed by atoms with Crippen LogP contribution in [0.1, 0.15) is 37.8 Å². The maximum atomic E-state index is 13.0. The Balaban J connectivity index is 2.11. The van der Waals surface area contributed by atoms with E-state index in [0.717, 1.165) is 25.9 Å². The van der Waals surface area contributed by atoms with Crippen molar-refractivity contribution >= 4 is 5.91 Å². The van der Waals surface area contributed by atoms with Crippen molar-refractivity contribution in [3.8, 4) is 0 Å². The molecule has 0 saturated carbocycles. The van der Waals surface area contributed by atoms with Gasteiger partial charge in [-0.25, -0.2) is 0 Å². The molecular weight excluding hydrogens is 288 g/mol. The Hall–Kier alpha value is -1.39. The van der Waals surface area contributed by atoms with Gasteiger partial charge < -0.3 is 15.0 Å². The Morgan fingerprint density at radius 1 is 1.26 bits per heavy atom. The van der Waals surface area contributed by atoms with Crippen molar-refractivity contribution in [1.29, 1.82) is 0 Å². The van der Waals surface area contributed by atoms with Crippen LogP contribution in [0.2, 0.25) is 0 Å². The second-order valence-electron chi connectivity index (χ2n) is 7.36. The number of carbonyl (C=O) groups is 1. The van der Waals surface area contributed by atoms with E-state index in [1.165, 1.54) is 11.1 Å². The number of hydrogen-bond acceptors (Lipinski definition) is 3. The van der Waals surface area contributed by atoms with E-state index in [1.807, 2.05) is 11.9 Å². The maximum absolute atomic E-state index is 13.0. The minimum Gasteiger partial charge on any atom is -0.368 e. The van der Waals surface area contributed by atoms with Gasteiger partial charge in [-0.3, -0.25) is 4.79 Å². The Morgan fingerprint density at radius 3 is 2.35 bits per heavy atom. The summed E-state index contributed by atoms with van der Waals surface area (Å²) in [7, 11) is 3.54. The first-order valence-corrected chi connectivity index (χ1v) is 8.39. The van der Waals surface area contributed by atoms with Crippen molar-refractivity contribution in [1.82, 2.24) is 10.2 Å². The third-order valence-corrected chi connectivity index (χ3v) is 5.00. The molecule has 0 spiro atoms. The lowest BCUT2D eigenvalue weighted by Gasteiger charge is -2.40. The second kappa shape index (κ2) is 7.02. The fraction of sp³-hybridized carbons (Fsp3) is 0.632. The highest BCUT2D eigenvalue weighted by Crippen LogP contribution is 2.28. The SMILES string of the molecule is COC1(C(=O)N(C)CC(C)(C)c2ccc(C)cc2)CCNCC1. The third-order valence-electron chi connectivity index (χ3n) is 5.00. The fourth-order valence-corrected chi connectivity index (χ4v) is 3.44. The molecule has 1 aromatic rings. The summed E-state index contributed by atoms with van der Waals surface area (Å²) in [5.74, 6) is 0.0988. The van der Waals surface area contributed by atoms with Gasteiger partial charge in [-0.1, -0.05) is 43.7 Å². The van der Waals surface area contributed by atoms with Gasteiger partial charge in [0, 0.05) is 26.1 Å². The van der Waals surface area contributed by atoms with Gasteiger partial charge in [0.05, 0.1) is 0 Å². The van der Waals surface area contributed by atoms with Crippen LogP contribution in [0, 0.1) is 6.92 Å². The lowest BCUT2D eigenvalue weighted by molar-refractivity contribution is -0.157. The molecule has 2 rings (SSSR count). The van der Waals surface area contributed by atoms with Gasteiger partial charge >= 0.3 is 0 Å². The number of amides is 1. The molecule has 0 aromatic heterocycles. The van der Waals surface area contributed by atoms with E-state index >= 15 is 0 Å². The molecule has 1 saturated heterocycles. The van der Waals surface area contributed by atoms with Gasteiger partial charge in [0.15, 0.2) is 0 Å². The monoisotopic (exact) mass is 318 g/mol. The number of methoxy groups -OCH3 is 1. The van der Waals surface area contributed by atoms with Crippen molar-refractivity contribution in [2.75, 3.05) is 33.8 Å². The topological polar surface area (TPSA) is 41.6 Å². The van der Waals surface area contributed by atoms with E-state index in [2.05, 4.69) is 50.4 Å². The van der Waals surface area contributed by atoms with E-state index in [-0.39, 0.29) is 11.3 Å². The molecule has 1 amide bonds. The summed E-state index contributed by atoms with van der Waals surface area (Å²) in [5.41, 5.74) is 1.74. The molecular formula is C19H30N2O2. The molecule has 0 aliphatic carbocycles. The lowest BCUT2D eigenvalue weighted by Crippen LogP contribution is -2.56. The highest BCUT2D eigenvalue weighted by atomic mass is 16.5. The normalized spacial score (nSPS) is 17.8. The molecule has 1 N–H and O–H groups in total. The predicted octanol–water partition coefficient (Wildman–Crippen LogP) is 2.50. The molecule has 4 nitrogen and oxygen atoms in total. The summed E-state index contributed by atoms with van der Waals surface area (Å²) in [6, 6.07) is 8.57. The Kier molecular flexibility index (Phi) is 5.48. The van der Waals surface area contributed by atoms with Crippen molar-refractivity contribution in [2.45, 2.75) is 44.6 Å². The molecule has 0 radical (unpaired) electrons. The number of rotatable bonds is 5. The molecule has 1 aromatic carbocycles. The zero-order valence-electron chi connectivity index (χ0n) is 15.1. The van der Waals surface area contributed by atoms with Crippen molar-refractivity contribution in [3.05, 3.63) is 35.4 Å². The van der Waals surface area contributed by atoms with Gasteiger partial charge in [0.25, 0.3) is 5.91 Å². The first kappa shape index (κ1) is 18.0. The molecule has 0 atom stereocenters. The van der Waals surface area contributed by atoms with Crippen LogP contribution < -0.4 is 5.32 Å². The van der Waals surface area contributed by atoms with Crippen molar-refractivity contribution in [3.63, 3.8) is 0 Å². The van der Waals surface area contributed by atoms with Gasteiger partial charge in [-0.2, -0.15) is 0 Å². The van der Waals surface area contributed by atoms with Gasteiger partial charge in [-0.05, 0) is 38.4 Å². The standard InChI is InChI=1S/C19H30N2O2/c1-15-6-8-16(9-7-15)18(2,3)14-21(4)17(22)19(23-5)10-12-20-13-11-19/h6-9,20H,10-14H2,1-5H3. The molecule has 1 aliphatic rings. The third kappa shape index (κ3) is 3.93. The van der Waals surface area contributed by atoms with E-state index in [0.29, 0.717) is 6.54 Å². The van der Waals surface area contributed by atoms with Gasteiger partial charge in [0.2, 0.25) is 0 Å². The van der Waals surface area contributed by atoms with Crippen molar-refractivity contribution in [2.24, 2.45) is 0 Å². The van der Waals surface area contributed by atoms with Crippen molar-refractivity contribution < 1.29 is 9.53 Å². The molecule has 0 unspecified atom stereocenters. The number of piperidine rings is 1. The van der Waals surface area contributed by atoms with Crippen LogP contribution in [0.15, 0.2) is 24.3 Å². The summed E-state index contributed by atoms with van der Waals surface area (Å²) in [4.78, 5) is 14.8. The second-order valence-corrected chi connectivity index (χ2v) is 7.36. The first-order valence-electron chi connectivity index (χ1n) is 8.39. The van der Waals surface area contributed by atoms with E-state index < -0.39 is 5.60 Å². The van der Waals surface area contributed by atoms with Crippen LogP contribution in [0.25, 0.3) is 0 Å². The van der Waals surface area contributed by atoms with Crippen LogP contribution in [0.3, 0.4) is 0 Å². The molecule has 1 aliphatic heterocycles. The molecule has 4 heteroatoms. The number of hydrogen-bond donors (Lipinski definition) is 1. The van der Waals surface area contributed by atoms with Crippen LogP contribution >= 0.6 is 0 Å². The van der Waals surface area contributed by atoms with Gasteiger partial charge in [0.1, 0.15) is 5.60 Å². The average Bonchev–Trinajstić information content (AvgIpc) is 2.54. The Labute approximate surface area is 140 Å². The van der Waals surface area contributed by atoms with Gasteiger partial charge in [-0.15, -0.1) is 0 Å². The number of nitrogens with zero attached hydrogens (tertiary/aromatic N) is 1. The summed E-state index contributed by atoms with van der Waals surface area (Å²) >= 11 is 0. The predicted molar refractivity (Wildman–Crippen MR) is 93.7 cm³/mol. The molecule has 23 heavy (non-hydrogen) atoms. The lowest BCUT2D eigenvalue weighted by atomic mass is 9.83. The Bertz CT molecular complexity index is 531. The Morgan fingerprint density at radius 2 is 1.83 bits per heavy atom. The maximum Gasteiger partial charge on any atom is 0.254 e. The summed E-state index contributed by atoms with van der Waals surface area (Å²) in [6.45, 7) is 8.79. The molecule has 1 fully saturated rings. The number of nitrogens with one attached hydrogen (secondary N) is 1. The smallest absolute Gasteiger partial charge is 0.254 e. The molecule has 128 valence electrons. The van der Waals surface area contributed by atoms with Crippen LogP contribution in [-0.2, 0) is 14.9 Å².